The molecule has 2 saturated heterocycles. The minimum Gasteiger partial charge on any atom is -0.477 e. The topological polar surface area (TPSA) is 62.8 Å². The number of carboxylic acid groups (broad SMARTS) is 1. The maximum atomic E-state index is 14.3. The molecule has 0 amide bonds. The van der Waals surface area contributed by atoms with Gasteiger partial charge in [-0.2, -0.15) is 5.10 Å². The molecular formula is C36H48FN4O2+. The highest BCUT2D eigenvalue weighted by molar-refractivity contribution is 5.71. The molecule has 3 aliphatic rings. The lowest BCUT2D eigenvalue weighted by molar-refractivity contribution is -0.907. The van der Waals surface area contributed by atoms with E-state index in [1.54, 1.807) is 12.1 Å². The Labute approximate surface area is 255 Å². The van der Waals surface area contributed by atoms with E-state index >= 15 is 0 Å². The second-order valence-corrected chi connectivity index (χ2v) is 13.3. The summed E-state index contributed by atoms with van der Waals surface area (Å²) in [6.07, 6.45) is 10.7. The number of hydrogen-bond acceptors (Lipinski definition) is 3. The normalized spacial score (nSPS) is 24.2. The number of likely N-dealkylation sites (tertiary alicyclic amines) is 2. The largest absolute Gasteiger partial charge is 0.477 e. The quantitative estimate of drug-likeness (QED) is 0.315. The highest BCUT2D eigenvalue weighted by Crippen LogP contribution is 2.35. The fraction of sp³-hybridized carbons (Fsp3) is 0.556. The predicted molar refractivity (Wildman–Crippen MR) is 167 cm³/mol. The average molecular weight is 588 g/mol. The molecule has 2 aromatic carbocycles. The van der Waals surface area contributed by atoms with Crippen molar-refractivity contribution in [2.24, 2.45) is 11.8 Å². The summed E-state index contributed by atoms with van der Waals surface area (Å²) in [5.41, 5.74) is 5.20. The van der Waals surface area contributed by atoms with Gasteiger partial charge in [-0.15, -0.1) is 0 Å². The molecule has 0 radical (unpaired) electrons. The molecule has 43 heavy (non-hydrogen) atoms. The van der Waals surface area contributed by atoms with Crippen LogP contribution in [-0.2, 0) is 24.2 Å². The van der Waals surface area contributed by atoms with E-state index in [1.165, 1.54) is 34.2 Å². The minimum atomic E-state index is -0.669. The van der Waals surface area contributed by atoms with E-state index in [2.05, 4.69) is 53.0 Å². The Kier molecular flexibility index (Phi) is 9.58. The predicted octanol–water partition coefficient (Wildman–Crippen LogP) is 4.95. The lowest BCUT2D eigenvalue weighted by atomic mass is 9.80. The van der Waals surface area contributed by atoms with Crippen molar-refractivity contribution in [1.29, 1.82) is 0 Å². The first-order valence-corrected chi connectivity index (χ1v) is 16.6. The van der Waals surface area contributed by atoms with Gasteiger partial charge in [0.15, 0.2) is 6.04 Å². The van der Waals surface area contributed by atoms with E-state index in [-0.39, 0.29) is 17.8 Å². The van der Waals surface area contributed by atoms with Crippen molar-refractivity contribution < 1.29 is 19.2 Å². The molecule has 0 spiro atoms. The van der Waals surface area contributed by atoms with Gasteiger partial charge in [-0.1, -0.05) is 61.7 Å². The lowest BCUT2D eigenvalue weighted by Gasteiger charge is -2.35. The Morgan fingerprint density at radius 1 is 1.05 bits per heavy atom. The minimum absolute atomic E-state index is 0.178. The molecule has 1 unspecified atom stereocenters. The van der Waals surface area contributed by atoms with Crippen LogP contribution >= 0.6 is 0 Å². The summed E-state index contributed by atoms with van der Waals surface area (Å²) in [5.74, 6) is 0.681. The standard InChI is InChI=1S/C36H47FN4O2/c1-2-41-35(30(22-38-41)15-14-26-8-4-3-5-9-26)28-16-18-39(19-17-28)23-31-24-40(34(36(42)43)20-27-10-6-11-27)25-33(31)29-12-7-13-32(37)21-29/h3-5,7-9,12-13,21-22,27-28,31,33-34H,2,6,10-11,14-20,23-25H2,1H3,(H,42,43)/p+1/t31-,33+,34+/m1/s1. The third-order valence-electron chi connectivity index (χ3n) is 10.7. The van der Waals surface area contributed by atoms with Gasteiger partial charge in [-0.3, -0.25) is 4.68 Å². The Hall–Kier alpha value is -3.03. The molecular weight excluding hydrogens is 539 g/mol. The third-order valence-corrected chi connectivity index (χ3v) is 10.7. The fourth-order valence-corrected chi connectivity index (χ4v) is 8.11. The number of rotatable bonds is 12. The zero-order valence-electron chi connectivity index (χ0n) is 25.6. The zero-order chi connectivity index (χ0) is 29.8. The van der Waals surface area contributed by atoms with E-state index in [4.69, 9.17) is 5.10 Å². The van der Waals surface area contributed by atoms with Gasteiger partial charge < -0.3 is 14.9 Å². The average Bonchev–Trinajstić information content (AvgIpc) is 3.60. The number of aryl methyl sites for hydroxylation is 3. The molecule has 4 atom stereocenters. The molecule has 1 aromatic heterocycles. The van der Waals surface area contributed by atoms with Crippen molar-refractivity contribution in [3.63, 3.8) is 0 Å². The van der Waals surface area contributed by atoms with Crippen LogP contribution < -0.4 is 4.90 Å². The van der Waals surface area contributed by atoms with Crippen molar-refractivity contribution in [3.05, 3.63) is 89.0 Å². The van der Waals surface area contributed by atoms with E-state index in [1.807, 2.05) is 6.07 Å². The number of aliphatic carboxylic acids is 1. The van der Waals surface area contributed by atoms with Gasteiger partial charge in [-0.05, 0) is 80.4 Å². The van der Waals surface area contributed by atoms with Crippen LogP contribution in [0.2, 0.25) is 0 Å². The van der Waals surface area contributed by atoms with Crippen molar-refractivity contribution in [2.75, 3.05) is 32.7 Å². The number of piperidine rings is 1. The first-order chi connectivity index (χ1) is 21.0. The Morgan fingerprint density at radius 3 is 2.51 bits per heavy atom. The maximum Gasteiger partial charge on any atom is 0.362 e. The number of hydrogen-bond donors (Lipinski definition) is 2. The van der Waals surface area contributed by atoms with Crippen molar-refractivity contribution >= 4 is 5.97 Å². The van der Waals surface area contributed by atoms with E-state index < -0.39 is 5.97 Å². The van der Waals surface area contributed by atoms with Gasteiger partial charge in [0, 0.05) is 43.0 Å². The molecule has 6 rings (SSSR count). The molecule has 2 aliphatic heterocycles. The van der Waals surface area contributed by atoms with Crippen LogP contribution in [-0.4, -0.2) is 64.5 Å². The monoisotopic (exact) mass is 587 g/mol. The summed E-state index contributed by atoms with van der Waals surface area (Å²) in [7, 11) is 0. The summed E-state index contributed by atoms with van der Waals surface area (Å²) in [6.45, 7) is 7.70. The van der Waals surface area contributed by atoms with Crippen LogP contribution in [0.15, 0.2) is 60.8 Å². The number of aromatic nitrogens is 2. The van der Waals surface area contributed by atoms with Crippen LogP contribution in [0.25, 0.3) is 0 Å². The Morgan fingerprint density at radius 2 is 1.84 bits per heavy atom. The second-order valence-electron chi connectivity index (χ2n) is 13.3. The first-order valence-electron chi connectivity index (χ1n) is 16.6. The Bertz CT molecular complexity index is 1350. The number of quaternary nitrogens is 1. The van der Waals surface area contributed by atoms with Gasteiger partial charge in [-0.25, -0.2) is 9.18 Å². The highest BCUT2D eigenvalue weighted by Gasteiger charge is 2.45. The number of carboxylic acids is 1. The number of halogens is 1. The molecule has 0 bridgehead atoms. The zero-order valence-corrected chi connectivity index (χ0v) is 25.6. The van der Waals surface area contributed by atoms with Crippen LogP contribution in [0, 0.1) is 17.7 Å². The molecule has 2 N–H and O–H groups in total. The number of nitrogens with one attached hydrogen (secondary N) is 1. The molecule has 7 heteroatoms. The summed E-state index contributed by atoms with van der Waals surface area (Å²) in [4.78, 5) is 16.2. The van der Waals surface area contributed by atoms with Crippen LogP contribution in [0.4, 0.5) is 4.39 Å². The van der Waals surface area contributed by atoms with E-state index in [9.17, 15) is 14.3 Å². The summed E-state index contributed by atoms with van der Waals surface area (Å²) in [5, 5.41) is 15.0. The number of carbonyl (C=O) groups is 1. The summed E-state index contributed by atoms with van der Waals surface area (Å²) >= 11 is 0. The molecule has 1 aliphatic carbocycles. The van der Waals surface area contributed by atoms with Crippen molar-refractivity contribution in [1.82, 2.24) is 14.7 Å². The van der Waals surface area contributed by atoms with E-state index in [0.29, 0.717) is 17.8 Å². The Balaban J connectivity index is 1.12. The highest BCUT2D eigenvalue weighted by atomic mass is 19.1. The van der Waals surface area contributed by atoms with Crippen molar-refractivity contribution in [2.45, 2.75) is 82.7 Å². The van der Waals surface area contributed by atoms with Crippen LogP contribution in [0.1, 0.15) is 79.7 Å². The van der Waals surface area contributed by atoms with Crippen LogP contribution in [0.5, 0.6) is 0 Å². The van der Waals surface area contributed by atoms with Gasteiger partial charge in [0.2, 0.25) is 0 Å². The SMILES string of the molecule is CCn1ncc(CCc2ccccc2)c1C1CCN(C[C@@H]2C[NH+]([C@@H](CC3CCC3)C(=O)O)C[C@H]2c2cccc(F)c2)CC1. The van der Waals surface area contributed by atoms with Crippen LogP contribution in [0.3, 0.4) is 0 Å². The maximum absolute atomic E-state index is 14.3. The smallest absolute Gasteiger partial charge is 0.362 e. The van der Waals surface area contributed by atoms with Crippen molar-refractivity contribution in [3.8, 4) is 0 Å². The van der Waals surface area contributed by atoms with E-state index in [0.717, 1.165) is 89.8 Å². The lowest BCUT2D eigenvalue weighted by Crippen LogP contribution is -3.15. The summed E-state index contributed by atoms with van der Waals surface area (Å²) in [6, 6.07) is 17.4. The van der Waals surface area contributed by atoms with Gasteiger partial charge >= 0.3 is 5.97 Å². The molecule has 3 heterocycles. The van der Waals surface area contributed by atoms with Gasteiger partial charge in [0.05, 0.1) is 19.3 Å². The molecule has 230 valence electrons. The van der Waals surface area contributed by atoms with Gasteiger partial charge in [0.1, 0.15) is 5.82 Å². The first kappa shape index (κ1) is 30.0. The molecule has 3 fully saturated rings. The second kappa shape index (κ2) is 13.7. The number of nitrogens with zero attached hydrogens (tertiary/aromatic N) is 3. The summed E-state index contributed by atoms with van der Waals surface area (Å²) < 4.78 is 16.5. The fourth-order valence-electron chi connectivity index (χ4n) is 8.11. The number of benzene rings is 2. The molecule has 3 aromatic rings. The molecule has 1 saturated carbocycles. The van der Waals surface area contributed by atoms with Gasteiger partial charge in [0.25, 0.3) is 0 Å². The third kappa shape index (κ3) is 7.04. The molecule has 6 nitrogen and oxygen atoms in total.